The summed E-state index contributed by atoms with van der Waals surface area (Å²) in [4.78, 5) is 16.8. The summed E-state index contributed by atoms with van der Waals surface area (Å²) in [6.45, 7) is 12.2. The number of nitrogens with one attached hydrogen (secondary N) is 1. The van der Waals surface area contributed by atoms with E-state index in [4.69, 9.17) is 16.3 Å². The first-order valence-corrected chi connectivity index (χ1v) is 12.2. The molecule has 7 nitrogen and oxygen atoms in total. The lowest BCUT2D eigenvalue weighted by Crippen LogP contribution is -2.35. The van der Waals surface area contributed by atoms with Gasteiger partial charge in [0.25, 0.3) is 5.91 Å². The summed E-state index contributed by atoms with van der Waals surface area (Å²) in [7, 11) is 0. The van der Waals surface area contributed by atoms with Gasteiger partial charge in [0.15, 0.2) is 0 Å². The van der Waals surface area contributed by atoms with Gasteiger partial charge in [-0.3, -0.25) is 9.52 Å². The molecule has 0 saturated carbocycles. The van der Waals surface area contributed by atoms with Crippen molar-refractivity contribution in [1.82, 2.24) is 23.8 Å². The molecule has 0 spiro atoms. The molecule has 1 aromatic carbocycles. The summed E-state index contributed by atoms with van der Waals surface area (Å²) in [6, 6.07) is 4.53. The topological polar surface area (TPSA) is 72.3 Å². The van der Waals surface area contributed by atoms with Crippen LogP contribution >= 0.6 is 23.7 Å². The molecule has 178 valence electrons. The summed E-state index contributed by atoms with van der Waals surface area (Å²) in [5.41, 5.74) is 1.74. The molecule has 2 aromatic heterocycles. The third-order valence-electron chi connectivity index (χ3n) is 4.87. The molecule has 10 heteroatoms. The van der Waals surface area contributed by atoms with Crippen molar-refractivity contribution >= 4 is 40.5 Å². The van der Waals surface area contributed by atoms with Crippen molar-refractivity contribution in [1.29, 1.82) is 0 Å². The lowest BCUT2D eigenvalue weighted by atomic mass is 10.1. The van der Waals surface area contributed by atoms with Crippen LogP contribution in [0.5, 0.6) is 5.88 Å². The summed E-state index contributed by atoms with van der Waals surface area (Å²) in [5.74, 6) is -0.405. The van der Waals surface area contributed by atoms with Gasteiger partial charge in [-0.1, -0.05) is 39.3 Å². The van der Waals surface area contributed by atoms with E-state index < -0.39 is 11.7 Å². The molecule has 1 N–H and O–H groups in total. The average molecular weight is 494 g/mol. The number of pyridine rings is 1. The second-order valence-electron chi connectivity index (χ2n) is 7.84. The van der Waals surface area contributed by atoms with Gasteiger partial charge in [0.05, 0.1) is 35.3 Å². The van der Waals surface area contributed by atoms with Crippen LogP contribution in [0.15, 0.2) is 24.4 Å². The fourth-order valence-corrected chi connectivity index (χ4v) is 4.06. The summed E-state index contributed by atoms with van der Waals surface area (Å²) in [5, 5.41) is 5.53. The highest BCUT2D eigenvalue weighted by Crippen LogP contribution is 2.29. The van der Waals surface area contributed by atoms with Crippen molar-refractivity contribution in [3.8, 4) is 11.6 Å². The molecule has 4 rings (SSSR count). The maximum atomic E-state index is 14.8. The van der Waals surface area contributed by atoms with Crippen molar-refractivity contribution < 1.29 is 13.9 Å². The predicted molar refractivity (Wildman–Crippen MR) is 131 cm³/mol. The highest BCUT2D eigenvalue weighted by atomic mass is 35.5. The molecule has 0 atom stereocenters. The van der Waals surface area contributed by atoms with Gasteiger partial charge in [-0.05, 0) is 31.4 Å². The van der Waals surface area contributed by atoms with E-state index in [9.17, 15) is 9.18 Å². The quantitative estimate of drug-likeness (QED) is 0.433. The molecule has 1 fully saturated rings. The minimum absolute atomic E-state index is 0.0169. The maximum Gasteiger partial charge on any atom is 0.265 e. The molecule has 1 aliphatic rings. The maximum absolute atomic E-state index is 14.8. The molecule has 0 unspecified atom stereocenters. The van der Waals surface area contributed by atoms with Crippen LogP contribution < -0.4 is 9.46 Å². The minimum Gasteiger partial charge on any atom is -0.476 e. The number of ether oxygens (including phenoxy) is 1. The first kappa shape index (κ1) is 25.3. The zero-order valence-electron chi connectivity index (χ0n) is 19.5. The first-order valence-electron chi connectivity index (χ1n) is 11.0. The van der Waals surface area contributed by atoms with E-state index in [2.05, 4.69) is 14.8 Å². The van der Waals surface area contributed by atoms with Crippen molar-refractivity contribution in [3.05, 3.63) is 46.5 Å². The SMILES string of the molecule is CC.Cc1nn(-c2cnc(OCC(C)C)c(Cl)c2)c2cc(F)c(C(=O)NSN3CCC3)cc12. The predicted octanol–water partition coefficient (Wildman–Crippen LogP) is 5.58. The Balaban J connectivity index is 0.00000149. The van der Waals surface area contributed by atoms with E-state index in [0.717, 1.165) is 19.5 Å². The molecule has 0 radical (unpaired) electrons. The molecular weight excluding hydrogens is 465 g/mol. The number of nitrogens with zero attached hydrogens (tertiary/aromatic N) is 4. The normalized spacial score (nSPS) is 13.5. The molecule has 1 aliphatic heterocycles. The molecule has 3 heterocycles. The van der Waals surface area contributed by atoms with Crippen molar-refractivity contribution in [3.63, 3.8) is 0 Å². The third kappa shape index (κ3) is 5.77. The van der Waals surface area contributed by atoms with Crippen LogP contribution in [0.25, 0.3) is 16.6 Å². The van der Waals surface area contributed by atoms with E-state index in [0.29, 0.717) is 45.7 Å². The summed E-state index contributed by atoms with van der Waals surface area (Å²) < 4.78 is 26.7. The summed E-state index contributed by atoms with van der Waals surface area (Å²) >= 11 is 7.54. The average Bonchev–Trinajstić information content (AvgIpc) is 3.07. The highest BCUT2D eigenvalue weighted by Gasteiger charge is 2.21. The zero-order valence-corrected chi connectivity index (χ0v) is 21.1. The Kier molecular flexibility index (Phi) is 8.56. The standard InChI is InChI=1S/C21H23ClFN5O2S.C2H6/c1-12(2)11-30-21-17(22)7-14(10-24-21)28-19-9-18(23)16(8-15(19)13(3)25-28)20(29)26-31-27-5-4-6-27;1-2/h7-10,12H,4-6,11H2,1-3H3,(H,26,29);1-2H3. The monoisotopic (exact) mass is 493 g/mol. The number of carbonyl (C=O) groups excluding carboxylic acids is 1. The van der Waals surface area contributed by atoms with Crippen LogP contribution in [0.4, 0.5) is 4.39 Å². The van der Waals surface area contributed by atoms with Crippen LogP contribution in [0, 0.1) is 18.7 Å². The fraction of sp³-hybridized carbons (Fsp3) is 0.435. The number of halogens is 2. The number of carbonyl (C=O) groups is 1. The Morgan fingerprint density at radius 2 is 2.03 bits per heavy atom. The van der Waals surface area contributed by atoms with Crippen LogP contribution in [-0.2, 0) is 0 Å². The second kappa shape index (κ2) is 11.2. The van der Waals surface area contributed by atoms with Crippen LogP contribution in [-0.4, -0.2) is 44.7 Å². The third-order valence-corrected chi connectivity index (χ3v) is 6.04. The number of fused-ring (bicyclic) bond motifs is 1. The fourth-order valence-electron chi connectivity index (χ4n) is 3.08. The Bertz CT molecular complexity index is 1130. The number of amides is 1. The molecule has 1 amide bonds. The molecule has 33 heavy (non-hydrogen) atoms. The Labute approximate surface area is 202 Å². The highest BCUT2D eigenvalue weighted by molar-refractivity contribution is 7.95. The zero-order chi connectivity index (χ0) is 24.1. The van der Waals surface area contributed by atoms with Gasteiger partial charge >= 0.3 is 0 Å². The van der Waals surface area contributed by atoms with Crippen LogP contribution in [0.2, 0.25) is 5.02 Å². The number of rotatable bonds is 7. The molecular formula is C23H29ClFN5O2S. The van der Waals surface area contributed by atoms with Gasteiger partial charge < -0.3 is 4.74 Å². The number of hydrogen-bond donors (Lipinski definition) is 1. The minimum atomic E-state index is -0.619. The van der Waals surface area contributed by atoms with Gasteiger partial charge in [-0.15, -0.1) is 0 Å². The lowest BCUT2D eigenvalue weighted by molar-refractivity contribution is 0.0978. The molecule has 3 aromatic rings. The van der Waals surface area contributed by atoms with E-state index in [1.54, 1.807) is 16.9 Å². The second-order valence-corrected chi connectivity index (χ2v) is 9.15. The van der Waals surface area contributed by atoms with E-state index in [1.165, 1.54) is 24.3 Å². The number of aromatic nitrogens is 3. The first-order chi connectivity index (χ1) is 15.8. The van der Waals surface area contributed by atoms with Crippen LogP contribution in [0.1, 0.15) is 50.2 Å². The van der Waals surface area contributed by atoms with Crippen molar-refractivity contribution in [2.45, 2.75) is 41.0 Å². The van der Waals surface area contributed by atoms with Gasteiger partial charge in [0.2, 0.25) is 5.88 Å². The molecule has 0 aliphatic carbocycles. The van der Waals surface area contributed by atoms with E-state index in [-0.39, 0.29) is 5.56 Å². The van der Waals surface area contributed by atoms with Crippen molar-refractivity contribution in [2.75, 3.05) is 19.7 Å². The summed E-state index contributed by atoms with van der Waals surface area (Å²) in [6.07, 6.45) is 2.68. The van der Waals surface area contributed by atoms with Crippen LogP contribution in [0.3, 0.4) is 0 Å². The van der Waals surface area contributed by atoms with Crippen molar-refractivity contribution in [2.24, 2.45) is 5.92 Å². The number of aryl methyl sites for hydroxylation is 1. The van der Waals surface area contributed by atoms with Gasteiger partial charge in [0, 0.05) is 36.7 Å². The lowest BCUT2D eigenvalue weighted by Gasteiger charge is -2.28. The smallest absolute Gasteiger partial charge is 0.265 e. The molecule has 1 saturated heterocycles. The molecule has 0 bridgehead atoms. The number of hydrogen-bond acceptors (Lipinski definition) is 6. The Morgan fingerprint density at radius 1 is 1.30 bits per heavy atom. The Hall–Kier alpha value is -2.36. The van der Waals surface area contributed by atoms with Gasteiger partial charge in [0.1, 0.15) is 10.8 Å². The van der Waals surface area contributed by atoms with E-state index >= 15 is 0 Å². The van der Waals surface area contributed by atoms with Gasteiger partial charge in [-0.2, -0.15) is 5.10 Å². The number of benzene rings is 1. The Morgan fingerprint density at radius 3 is 2.64 bits per heavy atom. The van der Waals surface area contributed by atoms with Gasteiger partial charge in [-0.25, -0.2) is 18.4 Å². The largest absolute Gasteiger partial charge is 0.476 e. The van der Waals surface area contributed by atoms with E-state index in [1.807, 2.05) is 38.9 Å².